The van der Waals surface area contributed by atoms with E-state index < -0.39 is 0 Å². The molecule has 2 fully saturated rings. The van der Waals surface area contributed by atoms with Crippen LogP contribution in [-0.4, -0.2) is 5.54 Å². The number of hydrogen-bond donors (Lipinski definition) is 1. The van der Waals surface area contributed by atoms with E-state index in [1.807, 2.05) is 0 Å². The fourth-order valence-electron chi connectivity index (χ4n) is 2.85. The molecule has 2 bridgehead atoms. The van der Waals surface area contributed by atoms with Gasteiger partial charge in [0.1, 0.15) is 0 Å². The molecular weight excluding hydrogens is 170 g/mol. The van der Waals surface area contributed by atoms with E-state index in [-0.39, 0.29) is 17.9 Å². The number of nitrogens with two attached hydrogens (primary N) is 1. The SMILES string of the molecule is C=C1C(C)(C)[C@@H]2CC[C@@]1(N)C2.Cl. The maximum Gasteiger partial charge on any atom is 0.0374 e. The molecule has 0 aromatic rings. The molecule has 0 saturated heterocycles. The van der Waals surface area contributed by atoms with Crippen LogP contribution in [0, 0.1) is 11.3 Å². The Morgan fingerprint density at radius 1 is 1.50 bits per heavy atom. The predicted octanol–water partition coefficient (Wildman–Crippen LogP) is 2.50. The summed E-state index contributed by atoms with van der Waals surface area (Å²) in [5.41, 5.74) is 7.83. The van der Waals surface area contributed by atoms with Gasteiger partial charge < -0.3 is 5.73 Å². The standard InChI is InChI=1S/C10H17N.ClH/c1-7-9(2,3)8-4-5-10(7,11)6-8;/h8H,1,4-6,11H2,2-3H3;1H/t8-,10-;/m1./s1. The number of fused-ring (bicyclic) bond motifs is 2. The number of halogens is 1. The van der Waals surface area contributed by atoms with Crippen LogP contribution in [0.3, 0.4) is 0 Å². The summed E-state index contributed by atoms with van der Waals surface area (Å²) < 4.78 is 0. The quantitative estimate of drug-likeness (QED) is 0.580. The van der Waals surface area contributed by atoms with Gasteiger partial charge in [-0.25, -0.2) is 0 Å². The van der Waals surface area contributed by atoms with Gasteiger partial charge in [-0.05, 0) is 30.6 Å². The highest BCUT2D eigenvalue weighted by Gasteiger charge is 2.55. The van der Waals surface area contributed by atoms with E-state index in [2.05, 4.69) is 20.4 Å². The first-order chi connectivity index (χ1) is 4.97. The van der Waals surface area contributed by atoms with E-state index >= 15 is 0 Å². The van der Waals surface area contributed by atoms with E-state index in [0.29, 0.717) is 5.41 Å². The van der Waals surface area contributed by atoms with Crippen LogP contribution in [0.1, 0.15) is 33.1 Å². The van der Waals surface area contributed by atoms with Crippen molar-refractivity contribution in [3.05, 3.63) is 12.2 Å². The lowest BCUT2D eigenvalue weighted by Crippen LogP contribution is -2.40. The molecule has 2 saturated carbocycles. The Hall–Kier alpha value is -0.0100. The minimum atomic E-state index is 0. The van der Waals surface area contributed by atoms with Crippen molar-refractivity contribution in [3.8, 4) is 0 Å². The lowest BCUT2D eigenvalue weighted by atomic mass is 9.72. The van der Waals surface area contributed by atoms with Gasteiger partial charge in [0, 0.05) is 5.54 Å². The smallest absolute Gasteiger partial charge is 0.0374 e. The van der Waals surface area contributed by atoms with Gasteiger partial charge in [0.15, 0.2) is 0 Å². The highest BCUT2D eigenvalue weighted by atomic mass is 35.5. The molecule has 0 aromatic carbocycles. The largest absolute Gasteiger partial charge is 0.322 e. The minimum Gasteiger partial charge on any atom is -0.322 e. The molecule has 0 unspecified atom stereocenters. The summed E-state index contributed by atoms with van der Waals surface area (Å²) in [5, 5.41) is 0. The van der Waals surface area contributed by atoms with Crippen LogP contribution in [0.2, 0.25) is 0 Å². The Balaban J connectivity index is 0.000000720. The van der Waals surface area contributed by atoms with Gasteiger partial charge in [-0.2, -0.15) is 0 Å². The molecule has 2 N–H and O–H groups in total. The Bertz CT molecular complexity index is 215. The molecule has 0 radical (unpaired) electrons. The molecule has 0 aromatic heterocycles. The molecule has 2 heteroatoms. The van der Waals surface area contributed by atoms with Crippen molar-refractivity contribution < 1.29 is 0 Å². The average molecular weight is 188 g/mol. The zero-order valence-electron chi connectivity index (χ0n) is 7.89. The summed E-state index contributed by atoms with van der Waals surface area (Å²) >= 11 is 0. The van der Waals surface area contributed by atoms with Crippen LogP contribution in [-0.2, 0) is 0 Å². The van der Waals surface area contributed by atoms with E-state index in [4.69, 9.17) is 5.73 Å². The van der Waals surface area contributed by atoms with Gasteiger partial charge in [0.25, 0.3) is 0 Å². The van der Waals surface area contributed by atoms with E-state index in [1.54, 1.807) is 0 Å². The molecule has 2 aliphatic rings. The first-order valence-electron chi connectivity index (χ1n) is 4.45. The topological polar surface area (TPSA) is 26.0 Å². The Labute approximate surface area is 80.8 Å². The summed E-state index contributed by atoms with van der Waals surface area (Å²) in [6.07, 6.45) is 3.65. The van der Waals surface area contributed by atoms with Crippen molar-refractivity contribution >= 4 is 12.4 Å². The molecule has 2 aliphatic carbocycles. The summed E-state index contributed by atoms with van der Waals surface area (Å²) in [4.78, 5) is 0. The first-order valence-corrected chi connectivity index (χ1v) is 4.45. The van der Waals surface area contributed by atoms with Crippen LogP contribution in [0.4, 0.5) is 0 Å². The van der Waals surface area contributed by atoms with Gasteiger partial charge in [-0.3, -0.25) is 0 Å². The molecular formula is C10H18ClN. The third-order valence-corrected chi connectivity index (χ3v) is 3.95. The number of rotatable bonds is 0. The molecule has 0 aliphatic heterocycles. The zero-order chi connectivity index (χ0) is 8.28. The predicted molar refractivity (Wildman–Crippen MR) is 54.4 cm³/mol. The maximum absolute atomic E-state index is 6.22. The first kappa shape index (κ1) is 10.1. The van der Waals surface area contributed by atoms with Gasteiger partial charge in [-0.1, -0.05) is 26.0 Å². The average Bonchev–Trinajstić information content (AvgIpc) is 2.36. The van der Waals surface area contributed by atoms with Crippen LogP contribution in [0.25, 0.3) is 0 Å². The molecule has 0 spiro atoms. The molecule has 70 valence electrons. The van der Waals surface area contributed by atoms with Gasteiger partial charge in [0.05, 0.1) is 0 Å². The van der Waals surface area contributed by atoms with Crippen molar-refractivity contribution in [3.63, 3.8) is 0 Å². The third-order valence-electron chi connectivity index (χ3n) is 3.95. The Kier molecular flexibility index (Phi) is 2.09. The number of hydrogen-bond acceptors (Lipinski definition) is 1. The summed E-state index contributed by atoms with van der Waals surface area (Å²) in [6.45, 7) is 8.71. The zero-order valence-corrected chi connectivity index (χ0v) is 8.71. The van der Waals surface area contributed by atoms with Crippen molar-refractivity contribution in [1.29, 1.82) is 0 Å². The fourth-order valence-corrected chi connectivity index (χ4v) is 2.85. The third kappa shape index (κ3) is 0.961. The van der Waals surface area contributed by atoms with E-state index in [0.717, 1.165) is 5.92 Å². The van der Waals surface area contributed by atoms with Crippen LogP contribution < -0.4 is 5.73 Å². The van der Waals surface area contributed by atoms with Gasteiger partial charge in [0.2, 0.25) is 0 Å². The van der Waals surface area contributed by atoms with E-state index in [9.17, 15) is 0 Å². The molecule has 0 amide bonds. The van der Waals surface area contributed by atoms with Crippen molar-refractivity contribution in [2.45, 2.75) is 38.6 Å². The second-order valence-electron chi connectivity index (χ2n) is 4.80. The minimum absolute atomic E-state index is 0. The maximum atomic E-state index is 6.22. The molecule has 2 rings (SSSR count). The molecule has 2 atom stereocenters. The monoisotopic (exact) mass is 187 g/mol. The Morgan fingerprint density at radius 3 is 2.33 bits per heavy atom. The highest BCUT2D eigenvalue weighted by molar-refractivity contribution is 5.85. The summed E-state index contributed by atoms with van der Waals surface area (Å²) in [7, 11) is 0. The summed E-state index contributed by atoms with van der Waals surface area (Å²) in [6, 6.07) is 0. The molecule has 0 heterocycles. The van der Waals surface area contributed by atoms with Crippen LogP contribution in [0.15, 0.2) is 12.2 Å². The normalized spacial score (nSPS) is 42.9. The second-order valence-corrected chi connectivity index (χ2v) is 4.80. The van der Waals surface area contributed by atoms with Crippen LogP contribution >= 0.6 is 12.4 Å². The Morgan fingerprint density at radius 2 is 2.08 bits per heavy atom. The highest BCUT2D eigenvalue weighted by Crippen LogP contribution is 2.59. The second kappa shape index (κ2) is 2.49. The lowest BCUT2D eigenvalue weighted by molar-refractivity contribution is 0.285. The molecule has 1 nitrogen and oxygen atoms in total. The van der Waals surface area contributed by atoms with Crippen LogP contribution in [0.5, 0.6) is 0 Å². The lowest BCUT2D eigenvalue weighted by Gasteiger charge is -2.35. The van der Waals surface area contributed by atoms with Gasteiger partial charge in [-0.15, -0.1) is 12.4 Å². The van der Waals surface area contributed by atoms with E-state index in [1.165, 1.54) is 24.8 Å². The van der Waals surface area contributed by atoms with Crippen molar-refractivity contribution in [2.75, 3.05) is 0 Å². The van der Waals surface area contributed by atoms with Crippen molar-refractivity contribution in [2.24, 2.45) is 17.1 Å². The molecule has 12 heavy (non-hydrogen) atoms. The fraction of sp³-hybridized carbons (Fsp3) is 0.800. The van der Waals surface area contributed by atoms with Crippen molar-refractivity contribution in [1.82, 2.24) is 0 Å². The summed E-state index contributed by atoms with van der Waals surface area (Å²) in [5.74, 6) is 0.806. The van der Waals surface area contributed by atoms with Gasteiger partial charge >= 0.3 is 0 Å².